The predicted molar refractivity (Wildman–Crippen MR) is 88.3 cm³/mol. The summed E-state index contributed by atoms with van der Waals surface area (Å²) >= 11 is 0. The van der Waals surface area contributed by atoms with Crippen LogP contribution < -0.4 is 10.6 Å². The van der Waals surface area contributed by atoms with Crippen molar-refractivity contribution < 1.29 is 23.4 Å². The maximum Gasteiger partial charge on any atom is 0.222 e. The number of amides is 1. The number of hydrogen-bond donors (Lipinski definition) is 2. The van der Waals surface area contributed by atoms with E-state index in [0.717, 1.165) is 13.1 Å². The first-order valence-corrected chi connectivity index (χ1v) is 8.36. The molecule has 0 radical (unpaired) electrons. The minimum atomic E-state index is -1.21. The summed E-state index contributed by atoms with van der Waals surface area (Å²) in [7, 11) is 0. The van der Waals surface area contributed by atoms with Crippen LogP contribution in [0.15, 0.2) is 0 Å². The van der Waals surface area contributed by atoms with Gasteiger partial charge in [0.1, 0.15) is 6.17 Å². The van der Waals surface area contributed by atoms with Crippen molar-refractivity contribution in [3.05, 3.63) is 0 Å². The van der Waals surface area contributed by atoms with E-state index in [1.165, 1.54) is 0 Å². The third-order valence-electron chi connectivity index (χ3n) is 2.98. The second-order valence-corrected chi connectivity index (χ2v) is 5.68. The Labute approximate surface area is 139 Å². The maximum atomic E-state index is 13.5. The summed E-state index contributed by atoms with van der Waals surface area (Å²) in [6, 6.07) is 0. The first-order chi connectivity index (χ1) is 11.0. The molecule has 0 spiro atoms. The summed E-state index contributed by atoms with van der Waals surface area (Å²) in [6.45, 7) is 11.1. The van der Waals surface area contributed by atoms with Gasteiger partial charge < -0.3 is 24.8 Å². The van der Waals surface area contributed by atoms with Crippen LogP contribution in [0.4, 0.5) is 4.39 Å². The average molecular weight is 336 g/mol. The molecule has 0 fully saturated rings. The highest BCUT2D eigenvalue weighted by Crippen LogP contribution is 1.97. The molecule has 0 aromatic carbocycles. The van der Waals surface area contributed by atoms with Crippen molar-refractivity contribution in [2.75, 3.05) is 52.7 Å². The van der Waals surface area contributed by atoms with Gasteiger partial charge in [0.05, 0.1) is 45.7 Å². The third kappa shape index (κ3) is 14.6. The Hall–Kier alpha value is -0.760. The highest BCUT2D eigenvalue weighted by atomic mass is 19.1. The van der Waals surface area contributed by atoms with E-state index in [0.29, 0.717) is 26.4 Å². The molecule has 0 aliphatic carbocycles. The van der Waals surface area contributed by atoms with Crippen molar-refractivity contribution in [2.45, 2.75) is 40.0 Å². The van der Waals surface area contributed by atoms with Crippen LogP contribution in [-0.2, 0) is 19.0 Å². The van der Waals surface area contributed by atoms with Gasteiger partial charge in [-0.3, -0.25) is 4.79 Å². The van der Waals surface area contributed by atoms with Crippen LogP contribution >= 0.6 is 0 Å². The van der Waals surface area contributed by atoms with E-state index in [1.807, 2.05) is 13.8 Å². The SMILES string of the molecule is CCNCCOCCOC(C)COCC(F)CNC(=O)C(C)C. The van der Waals surface area contributed by atoms with E-state index in [2.05, 4.69) is 10.6 Å². The molecule has 0 aromatic heterocycles. The van der Waals surface area contributed by atoms with Crippen LogP contribution in [0.3, 0.4) is 0 Å². The summed E-state index contributed by atoms with van der Waals surface area (Å²) in [4.78, 5) is 11.3. The maximum absolute atomic E-state index is 13.5. The first kappa shape index (κ1) is 22.2. The monoisotopic (exact) mass is 336 g/mol. The molecule has 0 rings (SSSR count). The number of nitrogens with one attached hydrogen (secondary N) is 2. The fraction of sp³-hybridized carbons (Fsp3) is 0.938. The molecular weight excluding hydrogens is 303 g/mol. The van der Waals surface area contributed by atoms with E-state index in [1.54, 1.807) is 13.8 Å². The van der Waals surface area contributed by atoms with Crippen molar-refractivity contribution in [3.8, 4) is 0 Å². The molecule has 2 atom stereocenters. The lowest BCUT2D eigenvalue weighted by Gasteiger charge is -2.15. The zero-order valence-corrected chi connectivity index (χ0v) is 14.9. The minimum absolute atomic E-state index is 0.0219. The van der Waals surface area contributed by atoms with Crippen LogP contribution in [0.5, 0.6) is 0 Å². The molecule has 0 bridgehead atoms. The highest BCUT2D eigenvalue weighted by Gasteiger charge is 2.12. The zero-order valence-electron chi connectivity index (χ0n) is 14.9. The van der Waals surface area contributed by atoms with Gasteiger partial charge in [-0.15, -0.1) is 0 Å². The lowest BCUT2D eigenvalue weighted by Crippen LogP contribution is -2.35. The molecule has 6 nitrogen and oxygen atoms in total. The van der Waals surface area contributed by atoms with Crippen molar-refractivity contribution in [1.29, 1.82) is 0 Å². The molecule has 0 saturated carbocycles. The van der Waals surface area contributed by atoms with E-state index >= 15 is 0 Å². The Kier molecular flexibility index (Phi) is 14.3. The van der Waals surface area contributed by atoms with E-state index < -0.39 is 6.17 Å². The average Bonchev–Trinajstić information content (AvgIpc) is 2.51. The molecule has 2 N–H and O–H groups in total. The summed E-state index contributed by atoms with van der Waals surface area (Å²) < 4.78 is 29.7. The molecule has 2 unspecified atom stereocenters. The van der Waals surface area contributed by atoms with Gasteiger partial charge in [0.2, 0.25) is 5.91 Å². The Balaban J connectivity index is 3.44. The molecule has 7 heteroatoms. The van der Waals surface area contributed by atoms with Crippen molar-refractivity contribution >= 4 is 5.91 Å². The Morgan fingerprint density at radius 1 is 1.09 bits per heavy atom. The van der Waals surface area contributed by atoms with Crippen molar-refractivity contribution in [3.63, 3.8) is 0 Å². The van der Waals surface area contributed by atoms with E-state index in [9.17, 15) is 9.18 Å². The fourth-order valence-electron chi connectivity index (χ4n) is 1.62. The molecule has 1 amide bonds. The topological polar surface area (TPSA) is 68.8 Å². The standard InChI is InChI=1S/C16H33FN2O4/c1-5-18-6-7-21-8-9-23-14(4)11-22-12-15(17)10-19-16(20)13(2)3/h13-15,18H,5-12H2,1-4H3,(H,19,20). The first-order valence-electron chi connectivity index (χ1n) is 8.36. The second kappa shape index (κ2) is 14.8. The fourth-order valence-corrected chi connectivity index (χ4v) is 1.62. The Morgan fingerprint density at radius 3 is 2.48 bits per heavy atom. The van der Waals surface area contributed by atoms with Gasteiger partial charge in [0, 0.05) is 12.5 Å². The van der Waals surface area contributed by atoms with Gasteiger partial charge in [0.25, 0.3) is 0 Å². The smallest absolute Gasteiger partial charge is 0.222 e. The molecular formula is C16H33FN2O4. The molecule has 0 aliphatic rings. The number of carbonyl (C=O) groups excluding carboxylic acids is 1. The van der Waals surface area contributed by atoms with Crippen molar-refractivity contribution in [2.24, 2.45) is 5.92 Å². The van der Waals surface area contributed by atoms with Gasteiger partial charge >= 0.3 is 0 Å². The number of carbonyl (C=O) groups is 1. The molecule has 0 aromatic rings. The van der Waals surface area contributed by atoms with Crippen LogP contribution in [-0.4, -0.2) is 70.9 Å². The zero-order chi connectivity index (χ0) is 17.5. The molecule has 0 aliphatic heterocycles. The van der Waals surface area contributed by atoms with E-state index in [-0.39, 0.29) is 31.1 Å². The van der Waals surface area contributed by atoms with Gasteiger partial charge in [-0.2, -0.15) is 0 Å². The number of hydrogen-bond acceptors (Lipinski definition) is 5. The normalized spacial score (nSPS) is 14.0. The number of ether oxygens (including phenoxy) is 3. The minimum Gasteiger partial charge on any atom is -0.378 e. The lowest BCUT2D eigenvalue weighted by molar-refractivity contribution is -0.124. The Bertz CT molecular complexity index is 293. The summed E-state index contributed by atoms with van der Waals surface area (Å²) in [6.07, 6.45) is -1.33. The van der Waals surface area contributed by atoms with E-state index in [4.69, 9.17) is 14.2 Å². The second-order valence-electron chi connectivity index (χ2n) is 5.68. The van der Waals surface area contributed by atoms with Crippen LogP contribution in [0.2, 0.25) is 0 Å². The molecule has 0 saturated heterocycles. The van der Waals surface area contributed by atoms with Crippen molar-refractivity contribution in [1.82, 2.24) is 10.6 Å². The number of alkyl halides is 1. The van der Waals surface area contributed by atoms with Gasteiger partial charge in [-0.25, -0.2) is 4.39 Å². The molecule has 138 valence electrons. The predicted octanol–water partition coefficient (Wildman–Crippen LogP) is 1.14. The van der Waals surface area contributed by atoms with Crippen LogP contribution in [0.1, 0.15) is 27.7 Å². The molecule has 23 heavy (non-hydrogen) atoms. The quantitative estimate of drug-likeness (QED) is 0.439. The van der Waals surface area contributed by atoms with Gasteiger partial charge in [-0.05, 0) is 13.5 Å². The third-order valence-corrected chi connectivity index (χ3v) is 2.98. The largest absolute Gasteiger partial charge is 0.378 e. The number of likely N-dealkylation sites (N-methyl/N-ethyl adjacent to an activating group) is 1. The van der Waals surface area contributed by atoms with Gasteiger partial charge in [-0.1, -0.05) is 20.8 Å². The van der Waals surface area contributed by atoms with Crippen LogP contribution in [0, 0.1) is 5.92 Å². The summed E-state index contributed by atoms with van der Waals surface area (Å²) in [5.41, 5.74) is 0. The number of halogens is 1. The summed E-state index contributed by atoms with van der Waals surface area (Å²) in [5.74, 6) is -0.296. The van der Waals surface area contributed by atoms with Crippen LogP contribution in [0.25, 0.3) is 0 Å². The number of rotatable bonds is 15. The van der Waals surface area contributed by atoms with Gasteiger partial charge in [0.15, 0.2) is 0 Å². The highest BCUT2D eigenvalue weighted by molar-refractivity contribution is 5.77. The molecule has 0 heterocycles. The lowest BCUT2D eigenvalue weighted by atomic mass is 10.2. The summed E-state index contributed by atoms with van der Waals surface area (Å²) in [5, 5.41) is 5.70. The Morgan fingerprint density at radius 2 is 1.83 bits per heavy atom.